The Morgan fingerprint density at radius 1 is 1.56 bits per heavy atom. The first-order valence-corrected chi connectivity index (χ1v) is 9.13. The molecule has 0 radical (unpaired) electrons. The maximum absolute atomic E-state index is 12.1. The summed E-state index contributed by atoms with van der Waals surface area (Å²) in [6.07, 6.45) is 2.18. The third kappa shape index (κ3) is 3.08. The summed E-state index contributed by atoms with van der Waals surface area (Å²) in [4.78, 5) is 0.702. The lowest BCUT2D eigenvalue weighted by Crippen LogP contribution is -2.36. The lowest BCUT2D eigenvalue weighted by molar-refractivity contribution is 0.282. The highest BCUT2D eigenvalue weighted by atomic mass is 32.2. The summed E-state index contributed by atoms with van der Waals surface area (Å²) in [5.74, 6) is 1.10. The van der Waals surface area contributed by atoms with E-state index in [0.717, 1.165) is 18.6 Å². The predicted octanol–water partition coefficient (Wildman–Crippen LogP) is 1.80. The Bertz CT molecular complexity index is 503. The summed E-state index contributed by atoms with van der Waals surface area (Å²) >= 11 is 3.08. The molecule has 1 aliphatic rings. The van der Waals surface area contributed by atoms with Gasteiger partial charge in [-0.1, -0.05) is 0 Å². The van der Waals surface area contributed by atoms with Gasteiger partial charge in [0.15, 0.2) is 0 Å². The van der Waals surface area contributed by atoms with Gasteiger partial charge in [-0.25, -0.2) is 13.1 Å². The molecule has 0 aliphatic carbocycles. The molecule has 1 unspecified atom stereocenters. The SMILES string of the molecule is CC1(CNS(=O)(=O)c2ccsc2CO)CCCS1. The van der Waals surface area contributed by atoms with E-state index in [4.69, 9.17) is 5.11 Å². The Hall–Kier alpha value is -0.0800. The lowest BCUT2D eigenvalue weighted by Gasteiger charge is -2.22. The second kappa shape index (κ2) is 5.50. The summed E-state index contributed by atoms with van der Waals surface area (Å²) < 4.78 is 27.0. The van der Waals surface area contributed by atoms with Gasteiger partial charge in [0.2, 0.25) is 10.0 Å². The van der Waals surface area contributed by atoms with Gasteiger partial charge < -0.3 is 5.11 Å². The molecule has 0 amide bonds. The van der Waals surface area contributed by atoms with E-state index in [-0.39, 0.29) is 16.2 Å². The highest BCUT2D eigenvalue weighted by molar-refractivity contribution is 8.01. The number of thioether (sulfide) groups is 1. The molecule has 1 aliphatic heterocycles. The summed E-state index contributed by atoms with van der Waals surface area (Å²) in [5, 5.41) is 10.8. The van der Waals surface area contributed by atoms with Crippen LogP contribution in [0, 0.1) is 0 Å². The second-order valence-electron chi connectivity index (χ2n) is 4.59. The smallest absolute Gasteiger partial charge is 0.241 e. The molecule has 1 fully saturated rings. The minimum absolute atomic E-state index is 0.00245. The van der Waals surface area contributed by atoms with E-state index in [1.807, 2.05) is 11.8 Å². The number of nitrogens with one attached hydrogen (secondary N) is 1. The second-order valence-corrected chi connectivity index (χ2v) is 9.01. The minimum atomic E-state index is -3.50. The zero-order valence-electron chi connectivity index (χ0n) is 10.2. The van der Waals surface area contributed by atoms with Gasteiger partial charge in [0.1, 0.15) is 0 Å². The molecule has 7 heteroatoms. The number of rotatable bonds is 5. The molecule has 0 bridgehead atoms. The maximum Gasteiger partial charge on any atom is 0.241 e. The topological polar surface area (TPSA) is 66.4 Å². The predicted molar refractivity (Wildman–Crippen MR) is 75.5 cm³/mol. The van der Waals surface area contributed by atoms with Crippen LogP contribution in [-0.2, 0) is 16.6 Å². The number of hydrogen-bond donors (Lipinski definition) is 2. The van der Waals surface area contributed by atoms with Crippen molar-refractivity contribution in [3.63, 3.8) is 0 Å². The molecule has 1 aromatic rings. The molecular weight excluding hydrogens is 290 g/mol. The largest absolute Gasteiger partial charge is 0.391 e. The molecule has 18 heavy (non-hydrogen) atoms. The highest BCUT2D eigenvalue weighted by Gasteiger charge is 2.31. The zero-order valence-corrected chi connectivity index (χ0v) is 12.6. The fourth-order valence-corrected chi connectivity index (χ4v) is 5.78. The van der Waals surface area contributed by atoms with E-state index in [2.05, 4.69) is 11.6 Å². The molecule has 1 aromatic heterocycles. The Balaban J connectivity index is 2.08. The van der Waals surface area contributed by atoms with Gasteiger partial charge in [0, 0.05) is 16.2 Å². The van der Waals surface area contributed by atoms with Crippen LogP contribution in [0.5, 0.6) is 0 Å². The van der Waals surface area contributed by atoms with Gasteiger partial charge in [-0.3, -0.25) is 0 Å². The molecule has 2 rings (SSSR count). The van der Waals surface area contributed by atoms with Gasteiger partial charge >= 0.3 is 0 Å². The first-order chi connectivity index (χ1) is 8.47. The number of aliphatic hydroxyl groups excluding tert-OH is 1. The molecule has 2 N–H and O–H groups in total. The molecule has 1 saturated heterocycles. The van der Waals surface area contributed by atoms with Crippen LogP contribution in [0.4, 0.5) is 0 Å². The summed E-state index contributed by atoms with van der Waals surface area (Å²) in [7, 11) is -3.50. The van der Waals surface area contributed by atoms with Crippen molar-refractivity contribution in [2.75, 3.05) is 12.3 Å². The zero-order chi connectivity index (χ0) is 13.2. The maximum atomic E-state index is 12.1. The number of sulfonamides is 1. The van der Waals surface area contributed by atoms with Crippen molar-refractivity contribution in [2.24, 2.45) is 0 Å². The number of hydrogen-bond acceptors (Lipinski definition) is 5. The van der Waals surface area contributed by atoms with Crippen LogP contribution in [0.3, 0.4) is 0 Å². The summed E-state index contributed by atoms with van der Waals surface area (Å²) in [6, 6.07) is 1.54. The van der Waals surface area contributed by atoms with Crippen LogP contribution < -0.4 is 4.72 Å². The van der Waals surface area contributed by atoms with Crippen LogP contribution in [0.25, 0.3) is 0 Å². The molecule has 0 saturated carbocycles. The minimum Gasteiger partial charge on any atom is -0.391 e. The number of aliphatic hydroxyl groups is 1. The summed E-state index contributed by atoms with van der Waals surface area (Å²) in [5.41, 5.74) is 0. The Kier molecular flexibility index (Phi) is 4.38. The van der Waals surface area contributed by atoms with Gasteiger partial charge in [-0.2, -0.15) is 11.8 Å². The third-order valence-corrected chi connectivity index (χ3v) is 7.13. The Morgan fingerprint density at radius 2 is 2.33 bits per heavy atom. The summed E-state index contributed by atoms with van der Waals surface area (Å²) in [6.45, 7) is 2.30. The first kappa shape index (κ1) is 14.3. The average molecular weight is 307 g/mol. The molecule has 0 aromatic carbocycles. The van der Waals surface area contributed by atoms with Crippen LogP contribution in [0.15, 0.2) is 16.3 Å². The van der Waals surface area contributed by atoms with Crippen molar-refractivity contribution in [1.82, 2.24) is 4.72 Å². The first-order valence-electron chi connectivity index (χ1n) is 5.78. The third-order valence-electron chi connectivity index (χ3n) is 3.07. The van der Waals surface area contributed by atoms with Crippen molar-refractivity contribution >= 4 is 33.1 Å². The van der Waals surface area contributed by atoms with E-state index >= 15 is 0 Å². The monoisotopic (exact) mass is 307 g/mol. The molecule has 4 nitrogen and oxygen atoms in total. The van der Waals surface area contributed by atoms with Gasteiger partial charge in [-0.05, 0) is 37.0 Å². The van der Waals surface area contributed by atoms with Crippen molar-refractivity contribution in [3.8, 4) is 0 Å². The Labute approximate surface area is 116 Å². The van der Waals surface area contributed by atoms with Gasteiger partial charge in [0.25, 0.3) is 0 Å². The van der Waals surface area contributed by atoms with E-state index in [1.54, 1.807) is 11.4 Å². The lowest BCUT2D eigenvalue weighted by atomic mass is 10.1. The van der Waals surface area contributed by atoms with Gasteiger partial charge in [-0.15, -0.1) is 11.3 Å². The van der Waals surface area contributed by atoms with E-state index in [9.17, 15) is 8.42 Å². The normalized spacial score (nSPS) is 24.6. The number of thiophene rings is 1. The van der Waals surface area contributed by atoms with Crippen molar-refractivity contribution in [1.29, 1.82) is 0 Å². The van der Waals surface area contributed by atoms with Crippen molar-refractivity contribution in [2.45, 2.75) is 36.0 Å². The van der Waals surface area contributed by atoms with Crippen LogP contribution in [0.1, 0.15) is 24.6 Å². The van der Waals surface area contributed by atoms with Crippen molar-refractivity contribution < 1.29 is 13.5 Å². The highest BCUT2D eigenvalue weighted by Crippen LogP contribution is 2.37. The van der Waals surface area contributed by atoms with Crippen molar-refractivity contribution in [3.05, 3.63) is 16.3 Å². The molecule has 2 heterocycles. The molecule has 0 spiro atoms. The molecule has 102 valence electrons. The standard InChI is InChI=1S/C11H17NO3S3/c1-11(4-2-5-17-11)8-12-18(14,15)10-3-6-16-9(10)7-13/h3,6,12-13H,2,4-5,7-8H2,1H3. The van der Waals surface area contributed by atoms with E-state index in [1.165, 1.54) is 11.3 Å². The van der Waals surface area contributed by atoms with Crippen LogP contribution in [-0.4, -0.2) is 30.6 Å². The fraction of sp³-hybridized carbons (Fsp3) is 0.636. The van der Waals surface area contributed by atoms with Gasteiger partial charge in [0.05, 0.1) is 11.5 Å². The van der Waals surface area contributed by atoms with E-state index < -0.39 is 10.0 Å². The average Bonchev–Trinajstić information content (AvgIpc) is 2.96. The Morgan fingerprint density at radius 3 is 2.94 bits per heavy atom. The fourth-order valence-electron chi connectivity index (χ4n) is 1.99. The van der Waals surface area contributed by atoms with Crippen LogP contribution >= 0.6 is 23.1 Å². The van der Waals surface area contributed by atoms with Crippen LogP contribution in [0.2, 0.25) is 0 Å². The van der Waals surface area contributed by atoms with E-state index in [0.29, 0.717) is 11.4 Å². The molecule has 1 atom stereocenters. The quantitative estimate of drug-likeness (QED) is 0.870. The molecular formula is C11H17NO3S3.